The second-order valence-electron chi connectivity index (χ2n) is 8.59. The van der Waals surface area contributed by atoms with Gasteiger partial charge in [-0.25, -0.2) is 0 Å². The van der Waals surface area contributed by atoms with Crippen LogP contribution in [0.15, 0.2) is 45.4 Å². The predicted octanol–water partition coefficient (Wildman–Crippen LogP) is 2.64. The van der Waals surface area contributed by atoms with Crippen LogP contribution in [-0.4, -0.2) is 45.2 Å². The predicted molar refractivity (Wildman–Crippen MR) is 108 cm³/mol. The molecule has 156 valence electrons. The first-order valence-corrected chi connectivity index (χ1v) is 10.3. The second kappa shape index (κ2) is 7.36. The van der Waals surface area contributed by atoms with Crippen LogP contribution in [0.3, 0.4) is 0 Å². The standard InChI is InChI=1S/C22H25N5O3/c1-14-8-19(26-29-14)20(28)24-18-9-17-12-27(11-16-6-4-3-5-7-16)13-22(17,10-18)21-23-15(2)25-30-21/h3-8,17-18H,9-13H2,1-2H3,(H,24,28)/t17-,18+,22-/m0/s1. The van der Waals surface area contributed by atoms with Gasteiger partial charge in [0.05, 0.1) is 5.41 Å². The maximum absolute atomic E-state index is 12.6. The smallest absolute Gasteiger partial charge is 0.273 e. The summed E-state index contributed by atoms with van der Waals surface area (Å²) in [6.07, 6.45) is 1.64. The lowest BCUT2D eigenvalue weighted by atomic mass is 9.80. The molecule has 0 unspecified atom stereocenters. The monoisotopic (exact) mass is 407 g/mol. The van der Waals surface area contributed by atoms with Crippen molar-refractivity contribution in [2.24, 2.45) is 5.92 Å². The zero-order valence-corrected chi connectivity index (χ0v) is 17.2. The lowest BCUT2D eigenvalue weighted by Crippen LogP contribution is -2.38. The molecule has 2 aliphatic rings. The number of fused-ring (bicyclic) bond motifs is 1. The number of hydrogen-bond acceptors (Lipinski definition) is 7. The van der Waals surface area contributed by atoms with Gasteiger partial charge in [-0.3, -0.25) is 9.69 Å². The fraction of sp³-hybridized carbons (Fsp3) is 0.455. The van der Waals surface area contributed by atoms with Crippen molar-refractivity contribution in [3.8, 4) is 0 Å². The third-order valence-electron chi connectivity index (χ3n) is 6.34. The number of aromatic nitrogens is 3. The van der Waals surface area contributed by atoms with E-state index in [9.17, 15) is 4.79 Å². The molecule has 8 nitrogen and oxygen atoms in total. The Bertz CT molecular complexity index is 1050. The molecule has 1 N–H and O–H groups in total. The van der Waals surface area contributed by atoms with Crippen LogP contribution in [0.4, 0.5) is 0 Å². The number of aryl methyl sites for hydroxylation is 2. The van der Waals surface area contributed by atoms with Crippen LogP contribution in [0.2, 0.25) is 0 Å². The highest BCUT2D eigenvalue weighted by atomic mass is 16.5. The summed E-state index contributed by atoms with van der Waals surface area (Å²) in [4.78, 5) is 19.6. The molecular weight excluding hydrogens is 382 g/mol. The fourth-order valence-corrected chi connectivity index (χ4v) is 5.11. The number of likely N-dealkylation sites (tertiary alicyclic amines) is 1. The first-order chi connectivity index (χ1) is 14.5. The van der Waals surface area contributed by atoms with Gasteiger partial charge in [0.15, 0.2) is 11.5 Å². The number of hydrogen-bond donors (Lipinski definition) is 1. The van der Waals surface area contributed by atoms with Crippen LogP contribution in [-0.2, 0) is 12.0 Å². The van der Waals surface area contributed by atoms with Crippen LogP contribution in [0.25, 0.3) is 0 Å². The summed E-state index contributed by atoms with van der Waals surface area (Å²) in [6, 6.07) is 12.2. The molecule has 30 heavy (non-hydrogen) atoms. The molecule has 3 aromatic rings. The van der Waals surface area contributed by atoms with Gasteiger partial charge in [-0.05, 0) is 38.2 Å². The Morgan fingerprint density at radius 3 is 2.77 bits per heavy atom. The Kier molecular flexibility index (Phi) is 4.66. The van der Waals surface area contributed by atoms with E-state index in [1.807, 2.05) is 13.0 Å². The molecule has 1 amide bonds. The molecule has 8 heteroatoms. The first kappa shape index (κ1) is 19.0. The van der Waals surface area contributed by atoms with Gasteiger partial charge in [0.2, 0.25) is 5.89 Å². The van der Waals surface area contributed by atoms with Crippen molar-refractivity contribution in [3.05, 3.63) is 65.1 Å². The fourth-order valence-electron chi connectivity index (χ4n) is 5.11. The molecule has 1 saturated carbocycles. The van der Waals surface area contributed by atoms with Crippen molar-refractivity contribution < 1.29 is 13.8 Å². The van der Waals surface area contributed by atoms with E-state index in [-0.39, 0.29) is 17.4 Å². The number of rotatable bonds is 5. The van der Waals surface area contributed by atoms with E-state index >= 15 is 0 Å². The van der Waals surface area contributed by atoms with Gasteiger partial charge < -0.3 is 14.4 Å². The average Bonchev–Trinajstić information content (AvgIpc) is 3.46. The van der Waals surface area contributed by atoms with E-state index in [1.54, 1.807) is 13.0 Å². The first-order valence-electron chi connectivity index (χ1n) is 10.3. The molecule has 2 fully saturated rings. The Hall–Kier alpha value is -3.00. The largest absolute Gasteiger partial charge is 0.361 e. The van der Waals surface area contributed by atoms with Crippen LogP contribution in [0.1, 0.15) is 46.4 Å². The van der Waals surface area contributed by atoms with Crippen molar-refractivity contribution >= 4 is 5.91 Å². The zero-order valence-electron chi connectivity index (χ0n) is 17.2. The molecule has 0 bridgehead atoms. The topological polar surface area (TPSA) is 97.3 Å². The van der Waals surface area contributed by atoms with E-state index in [0.717, 1.165) is 32.5 Å². The Morgan fingerprint density at radius 1 is 1.23 bits per heavy atom. The van der Waals surface area contributed by atoms with Gasteiger partial charge in [-0.15, -0.1) is 0 Å². The van der Waals surface area contributed by atoms with Crippen molar-refractivity contribution in [2.75, 3.05) is 13.1 Å². The van der Waals surface area contributed by atoms with Gasteiger partial charge in [-0.2, -0.15) is 4.98 Å². The molecule has 1 aromatic carbocycles. The van der Waals surface area contributed by atoms with Gasteiger partial charge in [0.1, 0.15) is 5.76 Å². The lowest BCUT2D eigenvalue weighted by molar-refractivity contribution is 0.0924. The Labute approximate surface area is 174 Å². The number of carbonyl (C=O) groups is 1. The van der Waals surface area contributed by atoms with Crippen LogP contribution >= 0.6 is 0 Å². The maximum atomic E-state index is 12.6. The molecule has 1 saturated heterocycles. The summed E-state index contributed by atoms with van der Waals surface area (Å²) >= 11 is 0. The van der Waals surface area contributed by atoms with Gasteiger partial charge in [0, 0.05) is 31.7 Å². The van der Waals surface area contributed by atoms with Crippen LogP contribution in [0.5, 0.6) is 0 Å². The maximum Gasteiger partial charge on any atom is 0.273 e. The lowest BCUT2D eigenvalue weighted by Gasteiger charge is -2.25. The third-order valence-corrected chi connectivity index (χ3v) is 6.34. The number of amides is 1. The summed E-state index contributed by atoms with van der Waals surface area (Å²) in [6.45, 7) is 6.28. The molecule has 0 spiro atoms. The highest BCUT2D eigenvalue weighted by Crippen LogP contribution is 2.50. The normalized spacial score (nSPS) is 26.1. The van der Waals surface area contributed by atoms with Gasteiger partial charge in [-0.1, -0.05) is 40.6 Å². The molecule has 1 aliphatic carbocycles. The molecule has 1 aliphatic heterocycles. The summed E-state index contributed by atoms with van der Waals surface area (Å²) in [5, 5.41) is 11.0. The van der Waals surface area contributed by atoms with Crippen LogP contribution < -0.4 is 5.32 Å². The Morgan fingerprint density at radius 2 is 2.07 bits per heavy atom. The Balaban J connectivity index is 1.35. The number of nitrogens with one attached hydrogen (secondary N) is 1. The quantitative estimate of drug-likeness (QED) is 0.694. The minimum absolute atomic E-state index is 0.0330. The van der Waals surface area contributed by atoms with Crippen molar-refractivity contribution in [3.63, 3.8) is 0 Å². The molecule has 5 rings (SSSR count). The molecule has 2 aromatic heterocycles. The summed E-state index contributed by atoms with van der Waals surface area (Å²) in [7, 11) is 0. The summed E-state index contributed by atoms with van der Waals surface area (Å²) < 4.78 is 10.7. The van der Waals surface area contributed by atoms with E-state index in [1.165, 1.54) is 5.56 Å². The summed E-state index contributed by atoms with van der Waals surface area (Å²) in [5.41, 5.74) is 1.37. The number of benzene rings is 1. The molecule has 3 atom stereocenters. The summed E-state index contributed by atoms with van der Waals surface area (Å²) in [5.74, 6) is 2.10. The van der Waals surface area contributed by atoms with Crippen molar-refractivity contribution in [1.82, 2.24) is 25.5 Å². The molecule has 3 heterocycles. The van der Waals surface area contributed by atoms with Gasteiger partial charge >= 0.3 is 0 Å². The van der Waals surface area contributed by atoms with E-state index in [4.69, 9.17) is 9.05 Å². The SMILES string of the molecule is Cc1noc([C@]23C[C@H](NC(=O)c4cc(C)on4)C[C@H]2CN(Cc2ccccc2)C3)n1. The second-order valence-corrected chi connectivity index (χ2v) is 8.59. The number of carbonyl (C=O) groups excluding carboxylic acids is 1. The minimum atomic E-state index is -0.242. The molecular formula is C22H25N5O3. The average molecular weight is 407 g/mol. The third kappa shape index (κ3) is 3.41. The zero-order chi connectivity index (χ0) is 20.7. The highest BCUT2D eigenvalue weighted by Gasteiger charge is 2.57. The number of nitrogens with zero attached hydrogens (tertiary/aromatic N) is 4. The minimum Gasteiger partial charge on any atom is -0.361 e. The van der Waals surface area contributed by atoms with E-state index in [0.29, 0.717) is 29.1 Å². The van der Waals surface area contributed by atoms with Crippen LogP contribution in [0, 0.1) is 19.8 Å². The van der Waals surface area contributed by atoms with E-state index in [2.05, 4.69) is 49.8 Å². The molecule has 0 radical (unpaired) electrons. The van der Waals surface area contributed by atoms with Gasteiger partial charge in [0.25, 0.3) is 5.91 Å². The highest BCUT2D eigenvalue weighted by molar-refractivity contribution is 5.92. The van der Waals surface area contributed by atoms with Crippen molar-refractivity contribution in [2.45, 2.75) is 44.7 Å². The van der Waals surface area contributed by atoms with Crippen molar-refractivity contribution in [1.29, 1.82) is 0 Å². The van der Waals surface area contributed by atoms with E-state index < -0.39 is 0 Å².